The standard InChI is InChI=1S/C15H22O2/c1-5-13(4)17-15-7-6-14(12(3)9-15)8-11(2)10-16/h6-7,9-11,13H,5,8H2,1-4H3. The second-order valence-electron chi connectivity index (χ2n) is 4.74. The van der Waals surface area contributed by atoms with Crippen molar-refractivity contribution in [1.29, 1.82) is 0 Å². The summed E-state index contributed by atoms with van der Waals surface area (Å²) in [5.74, 6) is 0.995. The molecule has 0 aromatic heterocycles. The van der Waals surface area contributed by atoms with Gasteiger partial charge in [-0.1, -0.05) is 19.9 Å². The molecule has 0 amide bonds. The molecule has 1 aromatic rings. The van der Waals surface area contributed by atoms with Gasteiger partial charge in [0.15, 0.2) is 0 Å². The van der Waals surface area contributed by atoms with Gasteiger partial charge < -0.3 is 9.53 Å². The minimum absolute atomic E-state index is 0.0787. The summed E-state index contributed by atoms with van der Waals surface area (Å²) in [6.07, 6.45) is 3.06. The number of aryl methyl sites for hydroxylation is 1. The average molecular weight is 234 g/mol. The molecule has 94 valence electrons. The maximum Gasteiger partial charge on any atom is 0.123 e. The number of rotatable bonds is 6. The fourth-order valence-corrected chi connectivity index (χ4v) is 1.68. The second kappa shape index (κ2) is 6.43. The Kier molecular flexibility index (Phi) is 5.20. The first-order valence-electron chi connectivity index (χ1n) is 6.28. The van der Waals surface area contributed by atoms with Crippen LogP contribution in [0, 0.1) is 12.8 Å². The molecule has 2 heteroatoms. The van der Waals surface area contributed by atoms with Crippen LogP contribution in [-0.2, 0) is 11.2 Å². The SMILES string of the molecule is CCC(C)Oc1ccc(CC(C)C=O)c(C)c1. The van der Waals surface area contributed by atoms with Crippen LogP contribution >= 0.6 is 0 Å². The van der Waals surface area contributed by atoms with Crippen molar-refractivity contribution in [2.45, 2.75) is 46.6 Å². The third kappa shape index (κ3) is 4.22. The topological polar surface area (TPSA) is 26.3 Å². The highest BCUT2D eigenvalue weighted by molar-refractivity contribution is 5.54. The van der Waals surface area contributed by atoms with Crippen molar-refractivity contribution in [2.24, 2.45) is 5.92 Å². The molecule has 0 saturated heterocycles. The summed E-state index contributed by atoms with van der Waals surface area (Å²) in [7, 11) is 0. The number of hydrogen-bond acceptors (Lipinski definition) is 2. The summed E-state index contributed by atoms with van der Waals surface area (Å²) in [5.41, 5.74) is 2.42. The van der Waals surface area contributed by atoms with E-state index in [1.54, 1.807) is 0 Å². The van der Waals surface area contributed by atoms with Crippen LogP contribution < -0.4 is 4.74 Å². The minimum atomic E-state index is 0.0787. The minimum Gasteiger partial charge on any atom is -0.491 e. The number of aldehydes is 1. The number of ether oxygens (including phenoxy) is 1. The molecule has 0 spiro atoms. The summed E-state index contributed by atoms with van der Waals surface area (Å²) in [6.45, 7) is 8.18. The molecule has 2 unspecified atom stereocenters. The van der Waals surface area contributed by atoms with Gasteiger partial charge in [-0.3, -0.25) is 0 Å². The second-order valence-corrected chi connectivity index (χ2v) is 4.74. The van der Waals surface area contributed by atoms with Gasteiger partial charge in [0.1, 0.15) is 12.0 Å². The van der Waals surface area contributed by atoms with Crippen molar-refractivity contribution in [2.75, 3.05) is 0 Å². The van der Waals surface area contributed by atoms with Crippen molar-refractivity contribution in [1.82, 2.24) is 0 Å². The smallest absolute Gasteiger partial charge is 0.123 e. The monoisotopic (exact) mass is 234 g/mol. The molecule has 0 aliphatic heterocycles. The molecule has 1 aromatic carbocycles. The van der Waals surface area contributed by atoms with Crippen LogP contribution in [0.3, 0.4) is 0 Å². The maximum atomic E-state index is 10.6. The van der Waals surface area contributed by atoms with Crippen LogP contribution in [0.5, 0.6) is 5.75 Å². The van der Waals surface area contributed by atoms with Crippen molar-refractivity contribution in [3.05, 3.63) is 29.3 Å². The predicted octanol–water partition coefficient (Wildman–Crippen LogP) is 3.55. The zero-order valence-corrected chi connectivity index (χ0v) is 11.2. The molecule has 0 fully saturated rings. The lowest BCUT2D eigenvalue weighted by Gasteiger charge is -2.15. The molecule has 0 radical (unpaired) electrons. The first kappa shape index (κ1) is 13.8. The number of carbonyl (C=O) groups excluding carboxylic acids is 1. The molecule has 17 heavy (non-hydrogen) atoms. The fraction of sp³-hybridized carbons (Fsp3) is 0.533. The molecular weight excluding hydrogens is 212 g/mol. The van der Waals surface area contributed by atoms with Gasteiger partial charge in [-0.2, -0.15) is 0 Å². The lowest BCUT2D eigenvalue weighted by atomic mass is 9.98. The first-order chi connectivity index (χ1) is 8.06. The fourth-order valence-electron chi connectivity index (χ4n) is 1.68. The zero-order chi connectivity index (χ0) is 12.8. The van der Waals surface area contributed by atoms with Gasteiger partial charge in [0.2, 0.25) is 0 Å². The van der Waals surface area contributed by atoms with Crippen LogP contribution in [0.4, 0.5) is 0 Å². The summed E-state index contributed by atoms with van der Waals surface area (Å²) in [6, 6.07) is 6.11. The third-order valence-corrected chi connectivity index (χ3v) is 3.00. The van der Waals surface area contributed by atoms with Crippen molar-refractivity contribution in [3.63, 3.8) is 0 Å². The average Bonchev–Trinajstić information content (AvgIpc) is 2.32. The van der Waals surface area contributed by atoms with E-state index in [-0.39, 0.29) is 12.0 Å². The van der Waals surface area contributed by atoms with E-state index in [4.69, 9.17) is 4.74 Å². The Hall–Kier alpha value is -1.31. The summed E-state index contributed by atoms with van der Waals surface area (Å²) in [4.78, 5) is 10.6. The van der Waals surface area contributed by atoms with E-state index in [1.165, 1.54) is 11.1 Å². The Balaban J connectivity index is 2.75. The normalized spacial score (nSPS) is 14.1. The van der Waals surface area contributed by atoms with Crippen molar-refractivity contribution in [3.8, 4) is 5.75 Å². The number of benzene rings is 1. The Morgan fingerprint density at radius 3 is 2.59 bits per heavy atom. The molecule has 0 aliphatic carbocycles. The van der Waals surface area contributed by atoms with E-state index in [1.807, 2.05) is 13.0 Å². The van der Waals surface area contributed by atoms with E-state index < -0.39 is 0 Å². The van der Waals surface area contributed by atoms with Gasteiger partial charge in [-0.15, -0.1) is 0 Å². The highest BCUT2D eigenvalue weighted by Gasteiger charge is 2.07. The molecular formula is C15H22O2. The molecule has 0 N–H and O–H groups in total. The quantitative estimate of drug-likeness (QED) is 0.704. The van der Waals surface area contributed by atoms with Gasteiger partial charge in [0.25, 0.3) is 0 Å². The van der Waals surface area contributed by atoms with Gasteiger partial charge in [0.05, 0.1) is 6.10 Å². The van der Waals surface area contributed by atoms with E-state index in [9.17, 15) is 4.79 Å². The van der Waals surface area contributed by atoms with E-state index in [0.29, 0.717) is 0 Å². The van der Waals surface area contributed by atoms with Gasteiger partial charge in [-0.05, 0) is 49.9 Å². The summed E-state index contributed by atoms with van der Waals surface area (Å²) in [5, 5.41) is 0. The summed E-state index contributed by atoms with van der Waals surface area (Å²) < 4.78 is 5.76. The van der Waals surface area contributed by atoms with Gasteiger partial charge in [0, 0.05) is 5.92 Å². The Morgan fingerprint density at radius 2 is 2.06 bits per heavy atom. The molecule has 1 rings (SSSR count). The van der Waals surface area contributed by atoms with Crippen LogP contribution in [0.2, 0.25) is 0 Å². The van der Waals surface area contributed by atoms with Crippen molar-refractivity contribution >= 4 is 6.29 Å². The largest absolute Gasteiger partial charge is 0.491 e. The maximum absolute atomic E-state index is 10.6. The van der Waals surface area contributed by atoms with Crippen LogP contribution in [0.1, 0.15) is 38.3 Å². The third-order valence-electron chi connectivity index (χ3n) is 3.00. The Labute approximate surface area is 104 Å². The van der Waals surface area contributed by atoms with Gasteiger partial charge >= 0.3 is 0 Å². The summed E-state index contributed by atoms with van der Waals surface area (Å²) >= 11 is 0. The molecule has 2 nitrogen and oxygen atoms in total. The molecule has 0 saturated carbocycles. The molecule has 2 atom stereocenters. The highest BCUT2D eigenvalue weighted by atomic mass is 16.5. The predicted molar refractivity (Wildman–Crippen MR) is 70.5 cm³/mol. The van der Waals surface area contributed by atoms with E-state index >= 15 is 0 Å². The lowest BCUT2D eigenvalue weighted by molar-refractivity contribution is -0.110. The number of carbonyl (C=O) groups is 1. The van der Waals surface area contributed by atoms with Crippen LogP contribution in [0.25, 0.3) is 0 Å². The molecule has 0 bridgehead atoms. The Bertz CT molecular complexity index is 371. The molecule has 0 heterocycles. The molecule has 0 aliphatic rings. The zero-order valence-electron chi connectivity index (χ0n) is 11.2. The van der Waals surface area contributed by atoms with Crippen molar-refractivity contribution < 1.29 is 9.53 Å². The number of hydrogen-bond donors (Lipinski definition) is 0. The highest BCUT2D eigenvalue weighted by Crippen LogP contribution is 2.20. The Morgan fingerprint density at radius 1 is 1.35 bits per heavy atom. The van der Waals surface area contributed by atoms with Crippen LogP contribution in [-0.4, -0.2) is 12.4 Å². The van der Waals surface area contributed by atoms with Crippen LogP contribution in [0.15, 0.2) is 18.2 Å². The van der Waals surface area contributed by atoms with Gasteiger partial charge in [-0.25, -0.2) is 0 Å². The first-order valence-corrected chi connectivity index (χ1v) is 6.28. The van der Waals surface area contributed by atoms with E-state index in [2.05, 4.69) is 32.9 Å². The van der Waals surface area contributed by atoms with E-state index in [0.717, 1.165) is 24.9 Å². The lowest BCUT2D eigenvalue weighted by Crippen LogP contribution is -2.10.